The number of nitrogens with zero attached hydrogens (tertiary/aromatic N) is 1. The minimum absolute atomic E-state index is 0.405. The van der Waals surface area contributed by atoms with Gasteiger partial charge in [-0.15, -0.1) is 0 Å². The molecule has 0 aliphatic heterocycles. The van der Waals surface area contributed by atoms with Gasteiger partial charge in [0, 0.05) is 17.3 Å². The highest BCUT2D eigenvalue weighted by Gasteiger charge is 2.31. The Morgan fingerprint density at radius 1 is 1.29 bits per heavy atom. The Morgan fingerprint density at radius 2 is 2.00 bits per heavy atom. The molecule has 1 aromatic heterocycles. The molecular weight excluding hydrogens is 345 g/mol. The number of carbonyl (C=O) groups is 1. The number of hydrogen-bond acceptors (Lipinski definition) is 2. The lowest BCUT2D eigenvalue weighted by Gasteiger charge is -2.16. The van der Waals surface area contributed by atoms with Crippen molar-refractivity contribution in [1.82, 2.24) is 9.88 Å². The number of hydrogen-bond donors (Lipinski definition) is 1. The first-order valence-corrected chi connectivity index (χ1v) is 7.37. The van der Waals surface area contributed by atoms with Crippen LogP contribution in [0, 0.1) is 0 Å². The summed E-state index contributed by atoms with van der Waals surface area (Å²) < 4.78 is 38.8. The lowest BCUT2D eigenvalue weighted by Crippen LogP contribution is -2.34. The lowest BCUT2D eigenvalue weighted by atomic mass is 10.1. The van der Waals surface area contributed by atoms with Gasteiger partial charge < -0.3 is 9.88 Å². The second-order valence-electron chi connectivity index (χ2n) is 5.23. The van der Waals surface area contributed by atoms with E-state index in [9.17, 15) is 22.8 Å². The van der Waals surface area contributed by atoms with Gasteiger partial charge in [-0.1, -0.05) is 23.7 Å². The van der Waals surface area contributed by atoms with Gasteiger partial charge in [-0.3, -0.25) is 9.59 Å². The topological polar surface area (TPSA) is 51.1 Å². The number of nitrogens with one attached hydrogen (secondary N) is 1. The van der Waals surface area contributed by atoms with E-state index in [0.717, 1.165) is 16.2 Å². The molecule has 0 radical (unpaired) electrons. The number of aromatic nitrogens is 1. The summed E-state index contributed by atoms with van der Waals surface area (Å²) in [5.74, 6) is -0.580. The SMILES string of the molecule is C[C@H](NC(=O)Cn1cc(C(F)(F)F)ccc1=O)c1cccc(Cl)c1. The van der Waals surface area contributed by atoms with Crippen LogP contribution in [0.2, 0.25) is 5.02 Å². The van der Waals surface area contributed by atoms with Crippen molar-refractivity contribution in [3.63, 3.8) is 0 Å². The van der Waals surface area contributed by atoms with E-state index in [0.29, 0.717) is 17.3 Å². The van der Waals surface area contributed by atoms with Crippen LogP contribution in [-0.2, 0) is 17.5 Å². The van der Waals surface area contributed by atoms with Crippen LogP contribution in [0.1, 0.15) is 24.1 Å². The first-order chi connectivity index (χ1) is 11.2. The van der Waals surface area contributed by atoms with E-state index >= 15 is 0 Å². The minimum atomic E-state index is -4.58. The van der Waals surface area contributed by atoms with Gasteiger partial charge in [0.05, 0.1) is 11.6 Å². The van der Waals surface area contributed by atoms with Crippen LogP contribution in [0.25, 0.3) is 0 Å². The summed E-state index contributed by atoms with van der Waals surface area (Å²) in [6.07, 6.45) is -3.95. The highest BCUT2D eigenvalue weighted by atomic mass is 35.5. The molecule has 1 aromatic carbocycles. The zero-order valence-electron chi connectivity index (χ0n) is 12.6. The number of pyridine rings is 1. The van der Waals surface area contributed by atoms with Crippen LogP contribution in [0.3, 0.4) is 0 Å². The predicted octanol–water partition coefficient (Wildman–Crippen LogP) is 3.40. The molecule has 0 spiro atoms. The quantitative estimate of drug-likeness (QED) is 0.910. The maximum Gasteiger partial charge on any atom is 0.417 e. The van der Waals surface area contributed by atoms with Crippen LogP contribution >= 0.6 is 11.6 Å². The zero-order valence-corrected chi connectivity index (χ0v) is 13.4. The third-order valence-corrected chi connectivity index (χ3v) is 3.59. The minimum Gasteiger partial charge on any atom is -0.348 e. The molecule has 1 amide bonds. The van der Waals surface area contributed by atoms with E-state index in [1.54, 1.807) is 31.2 Å². The molecular formula is C16H14ClF3N2O2. The highest BCUT2D eigenvalue weighted by Crippen LogP contribution is 2.28. The van der Waals surface area contributed by atoms with Crippen LogP contribution < -0.4 is 10.9 Å². The van der Waals surface area contributed by atoms with Crippen molar-refractivity contribution in [2.75, 3.05) is 0 Å². The van der Waals surface area contributed by atoms with Gasteiger partial charge in [-0.25, -0.2) is 0 Å². The summed E-state index contributed by atoms with van der Waals surface area (Å²) in [5, 5.41) is 3.12. The summed E-state index contributed by atoms with van der Waals surface area (Å²) in [6.45, 7) is 1.20. The molecule has 2 aromatic rings. The van der Waals surface area contributed by atoms with E-state index in [-0.39, 0.29) is 0 Å². The van der Waals surface area contributed by atoms with Crippen molar-refractivity contribution in [2.45, 2.75) is 25.7 Å². The zero-order chi connectivity index (χ0) is 17.9. The van der Waals surface area contributed by atoms with Crippen molar-refractivity contribution in [3.05, 3.63) is 69.1 Å². The molecule has 0 saturated carbocycles. The van der Waals surface area contributed by atoms with E-state index in [4.69, 9.17) is 11.6 Å². The van der Waals surface area contributed by atoms with Gasteiger partial charge >= 0.3 is 6.18 Å². The predicted molar refractivity (Wildman–Crippen MR) is 83.7 cm³/mol. The van der Waals surface area contributed by atoms with Crippen LogP contribution in [0.4, 0.5) is 13.2 Å². The summed E-state index contributed by atoms with van der Waals surface area (Å²) >= 11 is 5.87. The Bertz CT molecular complexity index is 802. The Balaban J connectivity index is 2.11. The fourth-order valence-corrected chi connectivity index (χ4v) is 2.32. The Labute approximate surface area is 140 Å². The normalized spacial score (nSPS) is 12.7. The highest BCUT2D eigenvalue weighted by molar-refractivity contribution is 6.30. The van der Waals surface area contributed by atoms with Gasteiger partial charge in [0.15, 0.2) is 0 Å². The third kappa shape index (κ3) is 4.61. The molecule has 128 valence electrons. The Morgan fingerprint density at radius 3 is 2.62 bits per heavy atom. The standard InChI is InChI=1S/C16H14ClF3N2O2/c1-10(11-3-2-4-13(17)7-11)21-14(23)9-22-8-12(16(18,19)20)5-6-15(22)24/h2-8,10H,9H2,1H3,(H,21,23)/t10-/m0/s1. The second kappa shape index (κ2) is 7.09. The summed E-state index contributed by atoms with van der Waals surface area (Å²) in [5.41, 5.74) is -0.932. The molecule has 1 heterocycles. The molecule has 0 fully saturated rings. The Kier molecular flexibility index (Phi) is 5.33. The maximum atomic E-state index is 12.7. The van der Waals surface area contributed by atoms with Gasteiger partial charge in [-0.2, -0.15) is 13.2 Å². The van der Waals surface area contributed by atoms with Gasteiger partial charge in [0.1, 0.15) is 6.54 Å². The van der Waals surface area contributed by atoms with Crippen LogP contribution in [-0.4, -0.2) is 10.5 Å². The molecule has 0 saturated heterocycles. The fraction of sp³-hybridized carbons (Fsp3) is 0.250. The molecule has 0 aliphatic carbocycles. The number of halogens is 4. The molecule has 1 atom stereocenters. The van der Waals surface area contributed by atoms with Crippen molar-refractivity contribution in [2.24, 2.45) is 0 Å². The van der Waals surface area contributed by atoms with Crippen LogP contribution in [0.15, 0.2) is 47.4 Å². The number of carbonyl (C=O) groups excluding carboxylic acids is 1. The number of amides is 1. The molecule has 0 aliphatic rings. The van der Waals surface area contributed by atoms with Gasteiger partial charge in [0.2, 0.25) is 5.91 Å². The first-order valence-electron chi connectivity index (χ1n) is 6.99. The lowest BCUT2D eigenvalue weighted by molar-refractivity contribution is -0.138. The van der Waals surface area contributed by atoms with Crippen molar-refractivity contribution in [3.8, 4) is 0 Å². The smallest absolute Gasteiger partial charge is 0.348 e. The summed E-state index contributed by atoms with van der Waals surface area (Å²) in [6, 6.07) is 7.90. The Hall–Kier alpha value is -2.28. The summed E-state index contributed by atoms with van der Waals surface area (Å²) in [7, 11) is 0. The molecule has 0 bridgehead atoms. The van der Waals surface area contributed by atoms with Crippen LogP contribution in [0.5, 0.6) is 0 Å². The third-order valence-electron chi connectivity index (χ3n) is 3.35. The molecule has 0 unspecified atom stereocenters. The fourth-order valence-electron chi connectivity index (χ4n) is 2.12. The maximum absolute atomic E-state index is 12.7. The van der Waals surface area contributed by atoms with Gasteiger partial charge in [-0.05, 0) is 30.7 Å². The van der Waals surface area contributed by atoms with E-state index in [2.05, 4.69) is 5.32 Å². The molecule has 1 N–H and O–H groups in total. The average molecular weight is 359 g/mol. The molecule has 2 rings (SSSR count). The largest absolute Gasteiger partial charge is 0.417 e. The molecule has 24 heavy (non-hydrogen) atoms. The molecule has 4 nitrogen and oxygen atoms in total. The van der Waals surface area contributed by atoms with E-state index in [1.807, 2.05) is 0 Å². The summed E-state index contributed by atoms with van der Waals surface area (Å²) in [4.78, 5) is 23.6. The number of benzene rings is 1. The second-order valence-corrected chi connectivity index (χ2v) is 5.66. The monoisotopic (exact) mass is 358 g/mol. The van der Waals surface area contributed by atoms with Crippen molar-refractivity contribution >= 4 is 17.5 Å². The van der Waals surface area contributed by atoms with E-state index < -0.39 is 35.8 Å². The van der Waals surface area contributed by atoms with Crippen molar-refractivity contribution < 1.29 is 18.0 Å². The van der Waals surface area contributed by atoms with E-state index in [1.165, 1.54) is 0 Å². The average Bonchev–Trinajstić information content (AvgIpc) is 2.48. The molecule has 8 heteroatoms. The van der Waals surface area contributed by atoms with Gasteiger partial charge in [0.25, 0.3) is 5.56 Å². The first kappa shape index (κ1) is 18.1. The van der Waals surface area contributed by atoms with Crippen molar-refractivity contribution in [1.29, 1.82) is 0 Å². The number of alkyl halides is 3. The number of rotatable bonds is 4.